The zero-order valence-electron chi connectivity index (χ0n) is 11.0. The van der Waals surface area contributed by atoms with Crippen molar-refractivity contribution in [2.75, 3.05) is 39.9 Å². The third kappa shape index (κ3) is 2.80. The van der Waals surface area contributed by atoms with Crippen molar-refractivity contribution in [2.45, 2.75) is 26.2 Å². The van der Waals surface area contributed by atoms with Crippen LogP contribution < -0.4 is 5.32 Å². The summed E-state index contributed by atoms with van der Waals surface area (Å²) in [5.41, 5.74) is -0.306. The maximum Gasteiger partial charge on any atom is 0.232 e. The Kier molecular flexibility index (Phi) is 4.05. The molecule has 1 unspecified atom stereocenters. The number of hydrogen-bond donors (Lipinski definition) is 1. The Labute approximate surface area is 104 Å². The molecule has 0 aromatic carbocycles. The summed E-state index contributed by atoms with van der Waals surface area (Å²) in [6.07, 6.45) is 3.49. The molecule has 4 heteroatoms. The van der Waals surface area contributed by atoms with Crippen LogP contribution in [0.2, 0.25) is 0 Å². The topological polar surface area (TPSA) is 41.6 Å². The van der Waals surface area contributed by atoms with Crippen LogP contribution in [0.5, 0.6) is 0 Å². The van der Waals surface area contributed by atoms with Crippen LogP contribution in [0, 0.1) is 11.3 Å². The Morgan fingerprint density at radius 3 is 2.76 bits per heavy atom. The van der Waals surface area contributed by atoms with Crippen LogP contribution >= 0.6 is 0 Å². The van der Waals surface area contributed by atoms with E-state index in [1.54, 1.807) is 7.11 Å². The number of carbonyl (C=O) groups is 1. The lowest BCUT2D eigenvalue weighted by Crippen LogP contribution is -2.48. The first-order valence-electron chi connectivity index (χ1n) is 6.71. The van der Waals surface area contributed by atoms with Crippen molar-refractivity contribution in [1.29, 1.82) is 0 Å². The van der Waals surface area contributed by atoms with E-state index in [4.69, 9.17) is 4.74 Å². The number of ether oxygens (including phenoxy) is 1. The Balaban J connectivity index is 2.02. The van der Waals surface area contributed by atoms with Crippen LogP contribution in [-0.4, -0.2) is 50.7 Å². The summed E-state index contributed by atoms with van der Waals surface area (Å²) >= 11 is 0. The molecule has 1 aliphatic heterocycles. The molecule has 1 saturated heterocycles. The maximum atomic E-state index is 12.7. The fraction of sp³-hybridized carbons (Fsp3) is 0.923. The number of carbonyl (C=O) groups excluding carboxylic acids is 1. The van der Waals surface area contributed by atoms with E-state index >= 15 is 0 Å². The fourth-order valence-corrected chi connectivity index (χ4v) is 2.69. The lowest BCUT2D eigenvalue weighted by Gasteiger charge is -2.33. The minimum Gasteiger partial charge on any atom is -0.384 e. The van der Waals surface area contributed by atoms with Crippen molar-refractivity contribution in [2.24, 2.45) is 11.3 Å². The molecule has 0 spiro atoms. The van der Waals surface area contributed by atoms with E-state index in [-0.39, 0.29) is 5.41 Å². The number of rotatable bonds is 6. The number of nitrogens with one attached hydrogen (secondary N) is 1. The molecular weight excluding hydrogens is 216 g/mol. The largest absolute Gasteiger partial charge is 0.384 e. The normalized spacial score (nSPS) is 28.4. The highest BCUT2D eigenvalue weighted by atomic mass is 16.5. The average Bonchev–Trinajstić information content (AvgIpc) is 3.03. The smallest absolute Gasteiger partial charge is 0.232 e. The molecule has 2 aliphatic rings. The first kappa shape index (κ1) is 12.8. The zero-order chi connectivity index (χ0) is 12.3. The molecule has 1 aliphatic carbocycles. The second-order valence-corrected chi connectivity index (χ2v) is 5.43. The molecule has 2 fully saturated rings. The van der Waals surface area contributed by atoms with E-state index in [0.717, 1.165) is 38.5 Å². The van der Waals surface area contributed by atoms with Crippen molar-refractivity contribution in [1.82, 2.24) is 10.2 Å². The van der Waals surface area contributed by atoms with E-state index < -0.39 is 0 Å². The lowest BCUT2D eigenvalue weighted by molar-refractivity contribution is -0.144. The summed E-state index contributed by atoms with van der Waals surface area (Å²) in [5.74, 6) is 1.05. The highest BCUT2D eigenvalue weighted by molar-refractivity contribution is 5.83. The van der Waals surface area contributed by atoms with Crippen molar-refractivity contribution >= 4 is 5.91 Å². The fourth-order valence-electron chi connectivity index (χ4n) is 2.69. The van der Waals surface area contributed by atoms with Crippen LogP contribution in [0.4, 0.5) is 0 Å². The maximum absolute atomic E-state index is 12.7. The first-order valence-corrected chi connectivity index (χ1v) is 6.71. The molecule has 1 N–H and O–H groups in total. The number of hydrogen-bond acceptors (Lipinski definition) is 3. The van der Waals surface area contributed by atoms with Gasteiger partial charge in [0, 0.05) is 26.7 Å². The molecule has 1 saturated carbocycles. The third-order valence-corrected chi connectivity index (χ3v) is 3.96. The van der Waals surface area contributed by atoms with E-state index in [1.807, 2.05) is 4.90 Å². The quantitative estimate of drug-likeness (QED) is 0.749. The third-order valence-electron chi connectivity index (χ3n) is 3.96. The highest BCUT2D eigenvalue weighted by Gasteiger charge is 2.44. The van der Waals surface area contributed by atoms with Crippen molar-refractivity contribution in [3.63, 3.8) is 0 Å². The van der Waals surface area contributed by atoms with Gasteiger partial charge >= 0.3 is 0 Å². The molecule has 17 heavy (non-hydrogen) atoms. The summed E-state index contributed by atoms with van der Waals surface area (Å²) in [6, 6.07) is 0. The van der Waals surface area contributed by atoms with Crippen molar-refractivity contribution in [3.8, 4) is 0 Å². The van der Waals surface area contributed by atoms with Crippen molar-refractivity contribution in [3.05, 3.63) is 0 Å². The van der Waals surface area contributed by atoms with Gasteiger partial charge in [-0.05, 0) is 38.6 Å². The van der Waals surface area contributed by atoms with Gasteiger partial charge in [-0.1, -0.05) is 0 Å². The molecule has 98 valence electrons. The molecule has 0 radical (unpaired) electrons. The van der Waals surface area contributed by atoms with E-state index in [0.29, 0.717) is 12.5 Å². The molecule has 1 atom stereocenters. The predicted octanol–water partition coefficient (Wildman–Crippen LogP) is 0.871. The van der Waals surface area contributed by atoms with Gasteiger partial charge in [0.15, 0.2) is 0 Å². The average molecular weight is 240 g/mol. The Hall–Kier alpha value is -0.610. The molecule has 0 aromatic rings. The van der Waals surface area contributed by atoms with Gasteiger partial charge in [-0.3, -0.25) is 4.79 Å². The molecule has 0 bridgehead atoms. The van der Waals surface area contributed by atoms with Gasteiger partial charge < -0.3 is 15.0 Å². The molecule has 4 nitrogen and oxygen atoms in total. The summed E-state index contributed by atoms with van der Waals surface area (Å²) in [6.45, 7) is 6.07. The zero-order valence-corrected chi connectivity index (χ0v) is 11.0. The highest BCUT2D eigenvalue weighted by Crippen LogP contribution is 2.33. The van der Waals surface area contributed by atoms with Crippen LogP contribution in [0.25, 0.3) is 0 Å². The molecule has 1 amide bonds. The minimum atomic E-state index is -0.306. The van der Waals surface area contributed by atoms with Gasteiger partial charge in [0.2, 0.25) is 5.91 Å². The second-order valence-electron chi connectivity index (χ2n) is 5.43. The van der Waals surface area contributed by atoms with Crippen LogP contribution in [0.15, 0.2) is 0 Å². The SMILES string of the molecule is CCN(CC1CC1)C(=O)C1(COC)CCNC1. The molecule has 2 rings (SSSR count). The van der Waals surface area contributed by atoms with Crippen molar-refractivity contribution < 1.29 is 9.53 Å². The first-order chi connectivity index (χ1) is 8.22. The van der Waals surface area contributed by atoms with Gasteiger partial charge in [0.25, 0.3) is 0 Å². The monoisotopic (exact) mass is 240 g/mol. The standard InChI is InChI=1S/C13H24N2O2/c1-3-15(8-11-4-5-11)12(16)13(10-17-2)6-7-14-9-13/h11,14H,3-10H2,1-2H3. The second kappa shape index (κ2) is 5.36. The van der Waals surface area contributed by atoms with Gasteiger partial charge in [-0.15, -0.1) is 0 Å². The summed E-state index contributed by atoms with van der Waals surface area (Å²) in [5, 5.41) is 3.30. The van der Waals surface area contributed by atoms with Crippen LogP contribution in [0.3, 0.4) is 0 Å². The Morgan fingerprint density at radius 1 is 1.53 bits per heavy atom. The molecule has 1 heterocycles. The van der Waals surface area contributed by atoms with Gasteiger partial charge in [0.05, 0.1) is 12.0 Å². The van der Waals surface area contributed by atoms with Gasteiger partial charge in [-0.25, -0.2) is 0 Å². The van der Waals surface area contributed by atoms with E-state index in [2.05, 4.69) is 12.2 Å². The van der Waals surface area contributed by atoms with Gasteiger partial charge in [-0.2, -0.15) is 0 Å². The minimum absolute atomic E-state index is 0.291. The molecule has 0 aromatic heterocycles. The van der Waals surface area contributed by atoms with E-state index in [9.17, 15) is 4.79 Å². The summed E-state index contributed by atoms with van der Waals surface area (Å²) in [4.78, 5) is 14.7. The van der Waals surface area contributed by atoms with Crippen LogP contribution in [-0.2, 0) is 9.53 Å². The number of amides is 1. The number of methoxy groups -OCH3 is 1. The summed E-state index contributed by atoms with van der Waals surface area (Å²) < 4.78 is 5.28. The van der Waals surface area contributed by atoms with Gasteiger partial charge in [0.1, 0.15) is 0 Å². The van der Waals surface area contributed by atoms with E-state index in [1.165, 1.54) is 12.8 Å². The Bertz CT molecular complexity index is 271. The predicted molar refractivity (Wildman–Crippen MR) is 66.8 cm³/mol. The van der Waals surface area contributed by atoms with Crippen LogP contribution in [0.1, 0.15) is 26.2 Å². The lowest BCUT2D eigenvalue weighted by atomic mass is 9.86. The summed E-state index contributed by atoms with van der Waals surface area (Å²) in [7, 11) is 1.69. The Morgan fingerprint density at radius 2 is 2.29 bits per heavy atom. The molecular formula is C13H24N2O2. The number of nitrogens with zero attached hydrogens (tertiary/aromatic N) is 1.